The van der Waals surface area contributed by atoms with Crippen LogP contribution >= 0.6 is 0 Å². The van der Waals surface area contributed by atoms with E-state index in [1.165, 1.54) is 12.0 Å². The van der Waals surface area contributed by atoms with Crippen molar-refractivity contribution in [3.05, 3.63) is 34.1 Å². The Balaban J connectivity index is 1.92. The fourth-order valence-corrected chi connectivity index (χ4v) is 6.52. The molecule has 1 saturated carbocycles. The molecule has 1 aromatic rings. The first-order valence-corrected chi connectivity index (χ1v) is 14.0. The van der Waals surface area contributed by atoms with Crippen LogP contribution in [0.1, 0.15) is 38.3 Å². The number of hydrogen-bond acceptors (Lipinski definition) is 11. The highest BCUT2D eigenvalue weighted by Crippen LogP contribution is 2.54. The third-order valence-electron chi connectivity index (χ3n) is 8.42. The van der Waals surface area contributed by atoms with Crippen LogP contribution in [0.2, 0.25) is 0 Å². The number of likely N-dealkylation sites (N-methyl/N-ethyl adjacent to an activating group) is 1. The molecule has 0 aliphatic heterocycles. The molecule has 1 fully saturated rings. The van der Waals surface area contributed by atoms with Crippen LogP contribution in [0.4, 0.5) is 11.4 Å². The molecule has 3 aliphatic carbocycles. The molecule has 0 unspecified atom stereocenters. The third kappa shape index (κ3) is 5.15. The maximum absolute atomic E-state index is 14.2. The fraction of sp³-hybridized carbons (Fsp3) is 0.533. The number of ether oxygens (including phenoxy) is 1. The lowest BCUT2D eigenvalue weighted by molar-refractivity contribution is -0.153. The summed E-state index contributed by atoms with van der Waals surface area (Å²) in [6.07, 6.45) is 0.246. The van der Waals surface area contributed by atoms with Gasteiger partial charge in [0.25, 0.3) is 5.91 Å². The number of anilines is 2. The minimum Gasteiger partial charge on any atom is -0.508 e. The van der Waals surface area contributed by atoms with Crippen LogP contribution in [-0.2, 0) is 25.6 Å². The second kappa shape index (κ2) is 11.0. The Morgan fingerprint density at radius 1 is 1.16 bits per heavy atom. The van der Waals surface area contributed by atoms with Crippen molar-refractivity contribution in [1.82, 2.24) is 10.2 Å². The molecule has 0 radical (unpaired) electrons. The molecule has 0 heterocycles. The van der Waals surface area contributed by atoms with E-state index >= 15 is 0 Å². The molecule has 43 heavy (non-hydrogen) atoms. The van der Waals surface area contributed by atoms with E-state index in [4.69, 9.17) is 10.5 Å². The lowest BCUT2D eigenvalue weighted by Crippen LogP contribution is -2.65. The van der Waals surface area contributed by atoms with Crippen molar-refractivity contribution in [3.63, 3.8) is 0 Å². The topological polar surface area (TPSA) is 195 Å². The van der Waals surface area contributed by atoms with Crippen LogP contribution in [0.3, 0.4) is 0 Å². The summed E-state index contributed by atoms with van der Waals surface area (Å²) in [7, 11) is 8.09. The molecular weight excluding hydrogens is 558 g/mol. The Morgan fingerprint density at radius 2 is 1.79 bits per heavy atom. The van der Waals surface area contributed by atoms with Crippen molar-refractivity contribution in [1.29, 1.82) is 0 Å². The molecule has 0 saturated heterocycles. The second-order valence-electron chi connectivity index (χ2n) is 12.8. The number of fused-ring (bicyclic) bond motifs is 3. The van der Waals surface area contributed by atoms with Crippen molar-refractivity contribution < 1.29 is 39.2 Å². The van der Waals surface area contributed by atoms with Gasteiger partial charge in [-0.25, -0.2) is 0 Å². The highest BCUT2D eigenvalue weighted by atomic mass is 16.5. The van der Waals surface area contributed by atoms with Crippen molar-refractivity contribution in [2.24, 2.45) is 17.6 Å². The first-order valence-electron chi connectivity index (χ1n) is 14.0. The largest absolute Gasteiger partial charge is 0.508 e. The number of nitrogens with two attached hydrogens (primary N) is 1. The van der Waals surface area contributed by atoms with Gasteiger partial charge in [-0.1, -0.05) is 0 Å². The SMILES string of the molecule is COc1c(NC(=O)CNC(C)(C)C)cc(N(C)C)c2c1C(O)=C1C(=O)[C@]3(O)C(O)=C(C(N)=O)C(=O)[C@@H](N(C)C)[C@@H]3C[C@@H]1C2. The molecule has 1 aromatic carbocycles. The molecule has 4 rings (SSSR count). The van der Waals surface area contributed by atoms with Crippen LogP contribution in [0.5, 0.6) is 5.75 Å². The van der Waals surface area contributed by atoms with E-state index in [2.05, 4.69) is 10.6 Å². The first-order chi connectivity index (χ1) is 19.9. The molecule has 234 valence electrons. The summed E-state index contributed by atoms with van der Waals surface area (Å²) in [6.45, 7) is 5.77. The van der Waals surface area contributed by atoms with Crippen LogP contribution in [0, 0.1) is 11.8 Å². The lowest BCUT2D eigenvalue weighted by atomic mass is 9.57. The Hall–Kier alpha value is -3.94. The van der Waals surface area contributed by atoms with Gasteiger partial charge in [0.1, 0.15) is 17.1 Å². The van der Waals surface area contributed by atoms with E-state index in [9.17, 15) is 34.5 Å². The first kappa shape index (κ1) is 32.0. The monoisotopic (exact) mass is 599 g/mol. The van der Waals surface area contributed by atoms with Gasteiger partial charge in [-0.2, -0.15) is 0 Å². The molecule has 13 nitrogen and oxygen atoms in total. The van der Waals surface area contributed by atoms with Gasteiger partial charge < -0.3 is 41.3 Å². The number of carbonyl (C=O) groups excluding carboxylic acids is 4. The minimum absolute atomic E-state index is 0.00264. The molecule has 0 spiro atoms. The number of aliphatic hydroxyl groups excluding tert-OH is 2. The van der Waals surface area contributed by atoms with Gasteiger partial charge in [0, 0.05) is 36.8 Å². The van der Waals surface area contributed by atoms with E-state index in [1.54, 1.807) is 39.2 Å². The third-order valence-corrected chi connectivity index (χ3v) is 8.42. The van der Waals surface area contributed by atoms with Crippen LogP contribution in [0.15, 0.2) is 23.0 Å². The quantitative estimate of drug-likeness (QED) is 0.241. The normalized spacial score (nSPS) is 25.3. The van der Waals surface area contributed by atoms with E-state index in [0.717, 1.165) is 0 Å². The molecule has 3 aliphatic rings. The zero-order valence-corrected chi connectivity index (χ0v) is 25.8. The van der Waals surface area contributed by atoms with Gasteiger partial charge >= 0.3 is 0 Å². The predicted octanol–water partition coefficient (Wildman–Crippen LogP) is 0.660. The number of aliphatic hydroxyl groups is 3. The van der Waals surface area contributed by atoms with Gasteiger partial charge in [0.15, 0.2) is 17.1 Å². The summed E-state index contributed by atoms with van der Waals surface area (Å²) < 4.78 is 5.68. The summed E-state index contributed by atoms with van der Waals surface area (Å²) in [5, 5.41) is 40.6. The van der Waals surface area contributed by atoms with Gasteiger partial charge in [-0.05, 0) is 65.3 Å². The van der Waals surface area contributed by atoms with Crippen molar-refractivity contribution in [3.8, 4) is 5.75 Å². The van der Waals surface area contributed by atoms with E-state index < -0.39 is 58.0 Å². The van der Waals surface area contributed by atoms with Crippen molar-refractivity contribution in [2.45, 2.75) is 50.8 Å². The average Bonchev–Trinajstić information content (AvgIpc) is 2.88. The predicted molar refractivity (Wildman–Crippen MR) is 160 cm³/mol. The molecule has 2 amide bonds. The van der Waals surface area contributed by atoms with Gasteiger partial charge in [0.05, 0.1) is 30.9 Å². The van der Waals surface area contributed by atoms with E-state index in [0.29, 0.717) is 11.3 Å². The number of nitrogens with one attached hydrogen (secondary N) is 2. The summed E-state index contributed by atoms with van der Waals surface area (Å²) in [6, 6.07) is 0.589. The Bertz CT molecular complexity index is 1470. The smallest absolute Gasteiger partial charge is 0.255 e. The van der Waals surface area contributed by atoms with Crippen LogP contribution < -0.4 is 26.0 Å². The summed E-state index contributed by atoms with van der Waals surface area (Å²) in [5.74, 6) is -6.74. The number of hydrogen-bond donors (Lipinski definition) is 6. The molecule has 0 aromatic heterocycles. The number of nitrogens with zero attached hydrogens (tertiary/aromatic N) is 2. The Morgan fingerprint density at radius 3 is 2.30 bits per heavy atom. The van der Waals surface area contributed by atoms with E-state index in [-0.39, 0.29) is 53.4 Å². The highest BCUT2D eigenvalue weighted by Gasteiger charge is 2.64. The van der Waals surface area contributed by atoms with Crippen molar-refractivity contribution in [2.75, 3.05) is 52.1 Å². The van der Waals surface area contributed by atoms with Gasteiger partial charge in [0.2, 0.25) is 11.7 Å². The maximum Gasteiger partial charge on any atom is 0.255 e. The molecule has 4 atom stereocenters. The van der Waals surface area contributed by atoms with Crippen molar-refractivity contribution >= 4 is 40.5 Å². The van der Waals surface area contributed by atoms with Gasteiger partial charge in [-0.15, -0.1) is 0 Å². The number of ketones is 2. The summed E-state index contributed by atoms with van der Waals surface area (Å²) >= 11 is 0. The number of primary amides is 1. The Kier molecular flexibility index (Phi) is 8.15. The number of benzene rings is 1. The standard InChI is InChI=1S/C30H41N5O8/c1-29(2,3)32-12-18(36)33-16-11-17(34(4)5)14-9-13-10-15-22(35(6)7)24(38)21(28(31)41)27(40)30(15,42)26(39)19(13)23(37)20(14)25(16)43-8/h11,13,15,22,32,37,40,42H,9-10,12H2,1-8H3,(H2,31,41)(H,33,36)/t13-,15-,22-,30-/m0/s1. The number of carbonyl (C=O) groups is 4. The summed E-state index contributed by atoms with van der Waals surface area (Å²) in [5.41, 5.74) is 3.08. The van der Waals surface area contributed by atoms with Gasteiger partial charge in [-0.3, -0.25) is 24.1 Å². The summed E-state index contributed by atoms with van der Waals surface area (Å²) in [4.78, 5) is 55.8. The van der Waals surface area contributed by atoms with Crippen LogP contribution in [-0.4, -0.2) is 103 Å². The average molecular weight is 600 g/mol. The Labute approximate surface area is 250 Å². The molecule has 0 bridgehead atoms. The maximum atomic E-state index is 14.2. The molecule has 13 heteroatoms. The van der Waals surface area contributed by atoms with Crippen LogP contribution in [0.25, 0.3) is 5.76 Å². The number of amides is 2. The zero-order valence-electron chi connectivity index (χ0n) is 25.8. The fourth-order valence-electron chi connectivity index (χ4n) is 6.52. The molecule has 7 N–H and O–H groups in total. The number of methoxy groups -OCH3 is 1. The van der Waals surface area contributed by atoms with E-state index in [1.807, 2.05) is 20.8 Å². The number of Topliss-reactive ketones (excluding diaryl/α,β-unsaturated/α-hetero) is 2. The highest BCUT2D eigenvalue weighted by molar-refractivity contribution is 6.24. The zero-order chi connectivity index (χ0) is 32.3. The second-order valence-corrected chi connectivity index (χ2v) is 12.8. The minimum atomic E-state index is -2.69. The lowest BCUT2D eigenvalue weighted by Gasteiger charge is -2.50. The molecular formula is C30H41N5O8. The number of rotatable bonds is 7.